The van der Waals surface area contributed by atoms with E-state index in [2.05, 4.69) is 15.3 Å². The number of nitrogens with one attached hydrogen (secondary N) is 2. The first kappa shape index (κ1) is 27.4. The van der Waals surface area contributed by atoms with Gasteiger partial charge in [-0.05, 0) is 35.4 Å². The SMILES string of the molecule is CN(Cc1ccccc1Cl)C(=O)C(Cc1c[nH]c2ccccc12)NC(=O)C1CC(O)CN1C(=O)c1ccncc1. The fourth-order valence-corrected chi connectivity index (χ4v) is 5.36. The van der Waals surface area contributed by atoms with E-state index in [1.165, 1.54) is 22.2 Å². The lowest BCUT2D eigenvalue weighted by Crippen LogP contribution is -2.54. The minimum absolute atomic E-state index is 0.0205. The maximum Gasteiger partial charge on any atom is 0.254 e. The summed E-state index contributed by atoms with van der Waals surface area (Å²) in [5, 5.41) is 14.8. The Bertz CT molecular complexity index is 1520. The number of carbonyl (C=O) groups is 3. The number of hydrogen-bond acceptors (Lipinski definition) is 5. The van der Waals surface area contributed by atoms with Crippen LogP contribution in [0.4, 0.5) is 0 Å². The molecule has 4 aromatic rings. The molecule has 2 aromatic heterocycles. The third kappa shape index (κ3) is 5.85. The van der Waals surface area contributed by atoms with Crippen LogP contribution in [0.25, 0.3) is 10.9 Å². The Balaban J connectivity index is 1.40. The summed E-state index contributed by atoms with van der Waals surface area (Å²) in [6, 6.07) is 16.3. The van der Waals surface area contributed by atoms with Gasteiger partial charge in [-0.2, -0.15) is 0 Å². The number of β-amino-alcohol motifs (C(OH)–C–C–N with tert-alkyl or cyclic N) is 1. The second-order valence-electron chi connectivity index (χ2n) is 10.0. The zero-order chi connectivity index (χ0) is 28.2. The minimum Gasteiger partial charge on any atom is -0.391 e. The molecule has 1 fully saturated rings. The zero-order valence-electron chi connectivity index (χ0n) is 22.0. The van der Waals surface area contributed by atoms with E-state index in [0.29, 0.717) is 10.6 Å². The number of H-pyrrole nitrogens is 1. The number of para-hydroxylation sites is 1. The van der Waals surface area contributed by atoms with Gasteiger partial charge in [0, 0.05) is 73.1 Å². The molecule has 3 amide bonds. The molecule has 0 bridgehead atoms. The molecular formula is C30H30ClN5O4. The van der Waals surface area contributed by atoms with Gasteiger partial charge < -0.3 is 25.2 Å². The molecule has 0 radical (unpaired) electrons. The van der Waals surface area contributed by atoms with Gasteiger partial charge in [0.15, 0.2) is 0 Å². The number of pyridine rings is 1. The van der Waals surface area contributed by atoms with Crippen molar-refractivity contribution in [1.82, 2.24) is 25.1 Å². The maximum atomic E-state index is 13.8. The monoisotopic (exact) mass is 559 g/mol. The molecule has 1 aliphatic rings. The highest BCUT2D eigenvalue weighted by atomic mass is 35.5. The second-order valence-corrected chi connectivity index (χ2v) is 10.4. The molecule has 40 heavy (non-hydrogen) atoms. The quantitative estimate of drug-likeness (QED) is 0.306. The number of aromatic amines is 1. The Morgan fingerprint density at radius 2 is 1.82 bits per heavy atom. The van der Waals surface area contributed by atoms with Crippen molar-refractivity contribution in [2.45, 2.75) is 37.6 Å². The summed E-state index contributed by atoms with van der Waals surface area (Å²) in [5.74, 6) is -1.18. The van der Waals surface area contributed by atoms with Crippen LogP contribution < -0.4 is 5.32 Å². The first-order chi connectivity index (χ1) is 19.3. The van der Waals surface area contributed by atoms with Crippen LogP contribution in [0.1, 0.15) is 27.9 Å². The first-order valence-electron chi connectivity index (χ1n) is 13.0. The van der Waals surface area contributed by atoms with Crippen molar-refractivity contribution < 1.29 is 19.5 Å². The first-order valence-corrected chi connectivity index (χ1v) is 13.4. The average molecular weight is 560 g/mol. The predicted molar refractivity (Wildman–Crippen MR) is 152 cm³/mol. The number of carbonyl (C=O) groups excluding carboxylic acids is 3. The van der Waals surface area contributed by atoms with Gasteiger partial charge >= 0.3 is 0 Å². The Morgan fingerprint density at radius 3 is 2.60 bits per heavy atom. The molecule has 3 N–H and O–H groups in total. The normalized spacial score (nSPS) is 17.5. The Kier molecular flexibility index (Phi) is 8.14. The number of likely N-dealkylation sites (N-methyl/N-ethyl adjacent to an activating group) is 1. The maximum absolute atomic E-state index is 13.8. The highest BCUT2D eigenvalue weighted by molar-refractivity contribution is 6.31. The van der Waals surface area contributed by atoms with Gasteiger partial charge in [0.25, 0.3) is 5.91 Å². The zero-order valence-corrected chi connectivity index (χ0v) is 22.7. The number of aliphatic hydroxyl groups excluding tert-OH is 1. The largest absolute Gasteiger partial charge is 0.391 e. The van der Waals surface area contributed by atoms with Crippen molar-refractivity contribution in [2.75, 3.05) is 13.6 Å². The van der Waals surface area contributed by atoms with Crippen LogP contribution >= 0.6 is 11.6 Å². The summed E-state index contributed by atoms with van der Waals surface area (Å²) in [5.41, 5.74) is 2.95. The number of rotatable bonds is 8. The molecule has 9 nitrogen and oxygen atoms in total. The van der Waals surface area contributed by atoms with Gasteiger partial charge in [0.1, 0.15) is 12.1 Å². The number of aliphatic hydroxyl groups is 1. The number of amides is 3. The Hall–Kier alpha value is -4.21. The van der Waals surface area contributed by atoms with E-state index in [-0.39, 0.29) is 37.7 Å². The van der Waals surface area contributed by atoms with E-state index in [4.69, 9.17) is 11.6 Å². The molecular weight excluding hydrogens is 530 g/mol. The van der Waals surface area contributed by atoms with Crippen molar-refractivity contribution >= 4 is 40.2 Å². The average Bonchev–Trinajstić information content (AvgIpc) is 3.57. The summed E-state index contributed by atoms with van der Waals surface area (Å²) < 4.78 is 0. The summed E-state index contributed by atoms with van der Waals surface area (Å²) in [4.78, 5) is 50.7. The third-order valence-corrected chi connectivity index (χ3v) is 7.59. The summed E-state index contributed by atoms with van der Waals surface area (Å²) >= 11 is 6.34. The number of likely N-dealkylation sites (tertiary alicyclic amines) is 1. The molecule has 3 unspecified atom stereocenters. The highest BCUT2D eigenvalue weighted by Crippen LogP contribution is 2.24. The summed E-state index contributed by atoms with van der Waals surface area (Å²) in [6.07, 6.45) is 4.29. The minimum atomic E-state index is -0.928. The lowest BCUT2D eigenvalue weighted by Gasteiger charge is -2.28. The number of aromatic nitrogens is 2. The van der Waals surface area contributed by atoms with Gasteiger partial charge in [0.2, 0.25) is 11.8 Å². The molecule has 1 saturated heterocycles. The van der Waals surface area contributed by atoms with E-state index < -0.39 is 24.1 Å². The molecule has 2 aromatic carbocycles. The van der Waals surface area contributed by atoms with Crippen molar-refractivity contribution in [3.63, 3.8) is 0 Å². The number of benzene rings is 2. The number of hydrogen-bond donors (Lipinski definition) is 3. The van der Waals surface area contributed by atoms with Crippen molar-refractivity contribution in [2.24, 2.45) is 0 Å². The van der Waals surface area contributed by atoms with Gasteiger partial charge in [-0.25, -0.2) is 0 Å². The van der Waals surface area contributed by atoms with E-state index in [1.807, 2.05) is 48.7 Å². The van der Waals surface area contributed by atoms with Gasteiger partial charge in [-0.1, -0.05) is 48.0 Å². The lowest BCUT2D eigenvalue weighted by atomic mass is 10.0. The lowest BCUT2D eigenvalue weighted by molar-refractivity contribution is -0.136. The molecule has 3 atom stereocenters. The number of fused-ring (bicyclic) bond motifs is 1. The molecule has 0 spiro atoms. The van der Waals surface area contributed by atoms with Crippen LogP contribution in [0.5, 0.6) is 0 Å². The topological polar surface area (TPSA) is 119 Å². The Labute approximate surface area is 236 Å². The van der Waals surface area contributed by atoms with E-state index in [1.54, 1.807) is 25.2 Å². The van der Waals surface area contributed by atoms with Crippen molar-refractivity contribution in [3.05, 3.63) is 101 Å². The van der Waals surface area contributed by atoms with Crippen LogP contribution in [0, 0.1) is 0 Å². The fourth-order valence-electron chi connectivity index (χ4n) is 5.16. The smallest absolute Gasteiger partial charge is 0.254 e. The molecule has 0 aliphatic carbocycles. The summed E-state index contributed by atoms with van der Waals surface area (Å²) in [7, 11) is 1.67. The second kappa shape index (κ2) is 11.9. The fraction of sp³-hybridized carbons (Fsp3) is 0.267. The van der Waals surface area contributed by atoms with Crippen molar-refractivity contribution in [1.29, 1.82) is 0 Å². The molecule has 5 rings (SSSR count). The van der Waals surface area contributed by atoms with Crippen LogP contribution in [-0.2, 0) is 22.6 Å². The van der Waals surface area contributed by atoms with E-state index in [0.717, 1.165) is 22.0 Å². The molecule has 1 aliphatic heterocycles. The van der Waals surface area contributed by atoms with Crippen LogP contribution in [-0.4, -0.2) is 74.4 Å². The summed E-state index contributed by atoms with van der Waals surface area (Å²) in [6.45, 7) is 0.278. The van der Waals surface area contributed by atoms with Crippen LogP contribution in [0.3, 0.4) is 0 Å². The van der Waals surface area contributed by atoms with Crippen LogP contribution in [0.15, 0.2) is 79.3 Å². The van der Waals surface area contributed by atoms with E-state index in [9.17, 15) is 19.5 Å². The number of nitrogens with zero attached hydrogens (tertiary/aromatic N) is 3. The van der Waals surface area contributed by atoms with Crippen molar-refractivity contribution in [3.8, 4) is 0 Å². The van der Waals surface area contributed by atoms with Gasteiger partial charge in [-0.3, -0.25) is 19.4 Å². The standard InChI is InChI=1S/C30H30ClN5O4/c1-35(17-20-6-2-4-8-24(20)31)30(40)26(14-21-16-33-25-9-5-3-7-23(21)25)34-28(38)27-15-22(37)18-36(27)29(39)19-10-12-32-13-11-19/h2-13,16,22,26-27,33,37H,14-15,17-18H2,1H3,(H,34,38). The highest BCUT2D eigenvalue weighted by Gasteiger charge is 2.40. The molecule has 3 heterocycles. The molecule has 206 valence electrons. The van der Waals surface area contributed by atoms with E-state index >= 15 is 0 Å². The predicted octanol–water partition coefficient (Wildman–Crippen LogP) is 3.18. The third-order valence-electron chi connectivity index (χ3n) is 7.22. The van der Waals surface area contributed by atoms with Gasteiger partial charge in [0.05, 0.1) is 6.10 Å². The Morgan fingerprint density at radius 1 is 1.10 bits per heavy atom. The molecule has 0 saturated carbocycles. The van der Waals surface area contributed by atoms with Gasteiger partial charge in [-0.15, -0.1) is 0 Å². The van der Waals surface area contributed by atoms with Crippen LogP contribution in [0.2, 0.25) is 5.02 Å². The number of halogens is 1. The molecule has 10 heteroatoms.